The number of aliphatic hydroxyl groups excluding tert-OH is 1. The van der Waals surface area contributed by atoms with Crippen LogP contribution in [0.2, 0.25) is 0 Å². The molecule has 2 nitrogen and oxygen atoms in total. The summed E-state index contributed by atoms with van der Waals surface area (Å²) >= 11 is 0. The zero-order chi connectivity index (χ0) is 14.0. The summed E-state index contributed by atoms with van der Waals surface area (Å²) in [6.45, 7) is 7.49. The van der Waals surface area contributed by atoms with Crippen LogP contribution in [0.1, 0.15) is 47.9 Å². The fourth-order valence-electron chi connectivity index (χ4n) is 3.43. The maximum Gasteiger partial charge on any atom is 0.0695 e. The van der Waals surface area contributed by atoms with E-state index in [-0.39, 0.29) is 6.10 Å². The van der Waals surface area contributed by atoms with Gasteiger partial charge in [0.1, 0.15) is 0 Å². The van der Waals surface area contributed by atoms with Crippen molar-refractivity contribution in [3.63, 3.8) is 0 Å². The second-order valence-corrected chi connectivity index (χ2v) is 6.21. The quantitative estimate of drug-likeness (QED) is 0.902. The third-order valence-corrected chi connectivity index (χ3v) is 4.51. The van der Waals surface area contributed by atoms with Crippen LogP contribution in [0.15, 0.2) is 12.1 Å². The molecular weight excluding hydrogens is 234 g/mol. The molecule has 106 valence electrons. The molecule has 1 saturated carbocycles. The molecule has 0 heterocycles. The highest BCUT2D eigenvalue weighted by molar-refractivity contribution is 5.37. The smallest absolute Gasteiger partial charge is 0.0695 e. The number of rotatable bonds is 3. The average Bonchev–Trinajstić information content (AvgIpc) is 2.34. The third kappa shape index (κ3) is 3.37. The van der Waals surface area contributed by atoms with Crippen molar-refractivity contribution in [1.29, 1.82) is 0 Å². The molecule has 0 radical (unpaired) electrons. The minimum atomic E-state index is -0.148. The first kappa shape index (κ1) is 14.5. The maximum absolute atomic E-state index is 10.2. The summed E-state index contributed by atoms with van der Waals surface area (Å²) in [6.07, 6.45) is 4.36. The summed E-state index contributed by atoms with van der Waals surface area (Å²) in [6, 6.07) is 4.84. The number of aryl methyl sites for hydroxylation is 3. The Hall–Kier alpha value is -0.860. The Balaban J connectivity index is 2.12. The Morgan fingerprint density at radius 1 is 1.11 bits per heavy atom. The van der Waals surface area contributed by atoms with E-state index in [1.807, 2.05) is 0 Å². The fourth-order valence-corrected chi connectivity index (χ4v) is 3.43. The summed E-state index contributed by atoms with van der Waals surface area (Å²) in [5, 5.41) is 10.2. The lowest BCUT2D eigenvalue weighted by Gasteiger charge is -2.35. The van der Waals surface area contributed by atoms with Gasteiger partial charge in [0, 0.05) is 12.6 Å². The highest BCUT2D eigenvalue weighted by Crippen LogP contribution is 2.25. The zero-order valence-corrected chi connectivity index (χ0v) is 12.7. The summed E-state index contributed by atoms with van der Waals surface area (Å²) in [4.78, 5) is 2.34. The first-order valence-electron chi connectivity index (χ1n) is 7.44. The van der Waals surface area contributed by atoms with Gasteiger partial charge in [0.25, 0.3) is 0 Å². The molecule has 0 amide bonds. The van der Waals surface area contributed by atoms with Crippen LogP contribution in [0.25, 0.3) is 0 Å². The lowest BCUT2D eigenvalue weighted by molar-refractivity contribution is 0.0287. The Bertz CT molecular complexity index is 418. The third-order valence-electron chi connectivity index (χ3n) is 4.51. The van der Waals surface area contributed by atoms with E-state index in [1.54, 1.807) is 0 Å². The lowest BCUT2D eigenvalue weighted by Crippen LogP contribution is -2.43. The summed E-state index contributed by atoms with van der Waals surface area (Å²) in [7, 11) is 2.15. The molecule has 19 heavy (non-hydrogen) atoms. The molecule has 0 aliphatic heterocycles. The molecule has 2 rings (SSSR count). The first-order valence-corrected chi connectivity index (χ1v) is 7.44. The Morgan fingerprint density at radius 2 is 1.68 bits per heavy atom. The van der Waals surface area contributed by atoms with E-state index in [9.17, 15) is 5.11 Å². The van der Waals surface area contributed by atoms with Gasteiger partial charge in [-0.05, 0) is 57.4 Å². The average molecular weight is 261 g/mol. The molecule has 1 aromatic carbocycles. The molecule has 1 aliphatic carbocycles. The first-order chi connectivity index (χ1) is 8.99. The molecule has 0 bridgehead atoms. The highest BCUT2D eigenvalue weighted by atomic mass is 16.3. The molecular formula is C17H27NO. The van der Waals surface area contributed by atoms with Gasteiger partial charge >= 0.3 is 0 Å². The molecule has 2 unspecified atom stereocenters. The molecule has 1 fully saturated rings. The Morgan fingerprint density at radius 3 is 2.26 bits per heavy atom. The van der Waals surface area contributed by atoms with E-state index in [0.29, 0.717) is 6.04 Å². The fraction of sp³-hybridized carbons (Fsp3) is 0.647. The van der Waals surface area contributed by atoms with Crippen LogP contribution in [0.5, 0.6) is 0 Å². The molecule has 0 saturated heterocycles. The van der Waals surface area contributed by atoms with E-state index in [1.165, 1.54) is 35.1 Å². The molecule has 1 N–H and O–H groups in total. The van der Waals surface area contributed by atoms with E-state index in [4.69, 9.17) is 0 Å². The van der Waals surface area contributed by atoms with Crippen LogP contribution in [-0.4, -0.2) is 29.2 Å². The van der Waals surface area contributed by atoms with Gasteiger partial charge in [-0.1, -0.05) is 30.5 Å². The van der Waals surface area contributed by atoms with Crippen molar-refractivity contribution in [1.82, 2.24) is 4.90 Å². The highest BCUT2D eigenvalue weighted by Gasteiger charge is 2.26. The SMILES string of the molecule is Cc1cc(C)c(CN(C)C2CCCCC2O)c(C)c1. The lowest BCUT2D eigenvalue weighted by atomic mass is 9.91. The van der Waals surface area contributed by atoms with E-state index < -0.39 is 0 Å². The van der Waals surface area contributed by atoms with Gasteiger partial charge in [-0.25, -0.2) is 0 Å². The largest absolute Gasteiger partial charge is 0.391 e. The number of hydrogen-bond acceptors (Lipinski definition) is 2. The number of likely N-dealkylation sites (N-methyl/N-ethyl adjacent to an activating group) is 1. The summed E-state index contributed by atoms with van der Waals surface area (Å²) < 4.78 is 0. The normalized spacial score (nSPS) is 23.9. The zero-order valence-electron chi connectivity index (χ0n) is 12.7. The van der Waals surface area contributed by atoms with Crippen LogP contribution >= 0.6 is 0 Å². The predicted molar refractivity (Wildman–Crippen MR) is 80.4 cm³/mol. The van der Waals surface area contributed by atoms with Crippen LogP contribution in [0.4, 0.5) is 0 Å². The Kier molecular flexibility index (Phi) is 4.64. The van der Waals surface area contributed by atoms with Gasteiger partial charge < -0.3 is 5.11 Å². The number of benzene rings is 1. The molecule has 2 atom stereocenters. The monoisotopic (exact) mass is 261 g/mol. The van der Waals surface area contributed by atoms with Gasteiger partial charge in [0.15, 0.2) is 0 Å². The minimum Gasteiger partial charge on any atom is -0.391 e. The van der Waals surface area contributed by atoms with Crippen molar-refractivity contribution in [2.24, 2.45) is 0 Å². The maximum atomic E-state index is 10.2. The molecule has 1 aliphatic rings. The van der Waals surface area contributed by atoms with E-state index in [2.05, 4.69) is 44.9 Å². The molecule has 2 heteroatoms. The summed E-state index contributed by atoms with van der Waals surface area (Å²) in [5.74, 6) is 0. The van der Waals surface area contributed by atoms with Crippen LogP contribution in [-0.2, 0) is 6.54 Å². The van der Waals surface area contributed by atoms with Crippen LogP contribution < -0.4 is 0 Å². The number of nitrogens with zero attached hydrogens (tertiary/aromatic N) is 1. The van der Waals surface area contributed by atoms with Crippen LogP contribution in [0, 0.1) is 20.8 Å². The van der Waals surface area contributed by atoms with Gasteiger partial charge in [0.05, 0.1) is 6.10 Å². The standard InChI is InChI=1S/C17H27NO/c1-12-9-13(2)15(14(3)10-12)11-18(4)16-7-5-6-8-17(16)19/h9-10,16-17,19H,5-8,11H2,1-4H3. The second-order valence-electron chi connectivity index (χ2n) is 6.21. The molecule has 1 aromatic rings. The number of aliphatic hydroxyl groups is 1. The van der Waals surface area contributed by atoms with Gasteiger partial charge in [-0.15, -0.1) is 0 Å². The molecule has 0 aromatic heterocycles. The summed E-state index contributed by atoms with van der Waals surface area (Å²) in [5.41, 5.74) is 5.49. The van der Waals surface area contributed by atoms with Gasteiger partial charge in [-0.3, -0.25) is 4.90 Å². The van der Waals surface area contributed by atoms with Crippen molar-refractivity contribution in [2.45, 2.75) is 65.1 Å². The predicted octanol–water partition coefficient (Wildman–Crippen LogP) is 3.35. The van der Waals surface area contributed by atoms with Crippen LogP contribution in [0.3, 0.4) is 0 Å². The van der Waals surface area contributed by atoms with Crippen molar-refractivity contribution in [3.05, 3.63) is 34.4 Å². The minimum absolute atomic E-state index is 0.148. The van der Waals surface area contributed by atoms with Gasteiger partial charge in [-0.2, -0.15) is 0 Å². The van der Waals surface area contributed by atoms with Crippen molar-refractivity contribution in [3.8, 4) is 0 Å². The van der Waals surface area contributed by atoms with Crippen molar-refractivity contribution >= 4 is 0 Å². The van der Waals surface area contributed by atoms with Gasteiger partial charge in [0.2, 0.25) is 0 Å². The van der Waals surface area contributed by atoms with Crippen molar-refractivity contribution < 1.29 is 5.11 Å². The molecule has 0 spiro atoms. The second kappa shape index (κ2) is 6.06. The topological polar surface area (TPSA) is 23.5 Å². The van der Waals surface area contributed by atoms with Crippen molar-refractivity contribution in [2.75, 3.05) is 7.05 Å². The van der Waals surface area contributed by atoms with E-state index in [0.717, 1.165) is 19.4 Å². The number of hydrogen-bond donors (Lipinski definition) is 1. The van der Waals surface area contributed by atoms with E-state index >= 15 is 0 Å². The Labute approximate surface area is 117 Å².